The third kappa shape index (κ3) is 6.11. The van der Waals surface area contributed by atoms with E-state index in [-0.39, 0.29) is 0 Å². The van der Waals surface area contributed by atoms with Gasteiger partial charge in [0, 0.05) is 39.3 Å². The molecule has 4 rings (SSSR count). The van der Waals surface area contributed by atoms with Gasteiger partial charge in [0.1, 0.15) is 0 Å². The SMILES string of the molecule is OC(COCc1ccc(CN2CCOCC2)cc1)CN1CCc2ccccc2C1. The minimum absolute atomic E-state index is 0.369. The average molecular weight is 397 g/mol. The summed E-state index contributed by atoms with van der Waals surface area (Å²) in [5, 5.41) is 10.4. The fraction of sp³-hybridized carbons (Fsp3) is 0.500. The Morgan fingerprint density at radius 3 is 2.41 bits per heavy atom. The fourth-order valence-corrected chi connectivity index (χ4v) is 4.13. The smallest absolute Gasteiger partial charge is 0.0900 e. The van der Waals surface area contributed by atoms with Crippen molar-refractivity contribution in [3.63, 3.8) is 0 Å². The molecule has 1 saturated heterocycles. The molecule has 5 heteroatoms. The zero-order valence-corrected chi connectivity index (χ0v) is 17.1. The lowest BCUT2D eigenvalue weighted by Gasteiger charge is -2.30. The molecule has 2 aromatic rings. The normalized spacial score (nSPS) is 19.1. The zero-order valence-electron chi connectivity index (χ0n) is 17.1. The Hall–Kier alpha value is -1.76. The molecule has 0 aliphatic carbocycles. The molecule has 0 bridgehead atoms. The zero-order chi connectivity index (χ0) is 19.9. The minimum Gasteiger partial charge on any atom is -0.389 e. The molecule has 5 nitrogen and oxygen atoms in total. The second-order valence-corrected chi connectivity index (χ2v) is 8.13. The summed E-state index contributed by atoms with van der Waals surface area (Å²) >= 11 is 0. The Labute approximate surface area is 173 Å². The van der Waals surface area contributed by atoms with Crippen LogP contribution in [0, 0.1) is 0 Å². The van der Waals surface area contributed by atoms with Gasteiger partial charge < -0.3 is 14.6 Å². The summed E-state index contributed by atoms with van der Waals surface area (Å²) in [6, 6.07) is 17.2. The van der Waals surface area contributed by atoms with Crippen LogP contribution in [0.15, 0.2) is 48.5 Å². The first-order chi connectivity index (χ1) is 14.3. The third-order valence-corrected chi connectivity index (χ3v) is 5.79. The average Bonchev–Trinajstić information content (AvgIpc) is 2.76. The summed E-state index contributed by atoms with van der Waals surface area (Å²) in [4.78, 5) is 4.74. The van der Waals surface area contributed by atoms with Crippen molar-refractivity contribution in [3.8, 4) is 0 Å². The van der Waals surface area contributed by atoms with E-state index < -0.39 is 6.10 Å². The van der Waals surface area contributed by atoms with Gasteiger partial charge in [0.25, 0.3) is 0 Å². The van der Waals surface area contributed by atoms with Crippen molar-refractivity contribution in [1.82, 2.24) is 9.80 Å². The van der Waals surface area contributed by atoms with Crippen LogP contribution in [-0.2, 0) is 35.6 Å². The highest BCUT2D eigenvalue weighted by atomic mass is 16.5. The molecule has 1 atom stereocenters. The minimum atomic E-state index is -0.458. The van der Waals surface area contributed by atoms with Crippen molar-refractivity contribution in [1.29, 1.82) is 0 Å². The van der Waals surface area contributed by atoms with Gasteiger partial charge in [-0.3, -0.25) is 9.80 Å². The summed E-state index contributed by atoms with van der Waals surface area (Å²) < 4.78 is 11.2. The predicted molar refractivity (Wildman–Crippen MR) is 114 cm³/mol. The van der Waals surface area contributed by atoms with Crippen LogP contribution in [-0.4, -0.2) is 67.0 Å². The molecule has 29 heavy (non-hydrogen) atoms. The number of aliphatic hydroxyl groups excluding tert-OH is 1. The number of hydrogen-bond acceptors (Lipinski definition) is 5. The van der Waals surface area contributed by atoms with Crippen molar-refractivity contribution in [3.05, 3.63) is 70.8 Å². The molecule has 2 aliphatic heterocycles. The van der Waals surface area contributed by atoms with Crippen LogP contribution >= 0.6 is 0 Å². The van der Waals surface area contributed by atoms with Crippen molar-refractivity contribution >= 4 is 0 Å². The second-order valence-electron chi connectivity index (χ2n) is 8.13. The number of benzene rings is 2. The lowest BCUT2D eigenvalue weighted by atomic mass is 10.00. The molecule has 2 heterocycles. The summed E-state index contributed by atoms with van der Waals surface area (Å²) in [5.41, 5.74) is 5.28. The van der Waals surface area contributed by atoms with E-state index in [0.717, 1.165) is 57.9 Å². The number of morpholine rings is 1. The number of rotatable bonds is 8. The van der Waals surface area contributed by atoms with E-state index in [4.69, 9.17) is 9.47 Å². The van der Waals surface area contributed by atoms with E-state index in [0.29, 0.717) is 19.8 Å². The Balaban J connectivity index is 1.16. The number of ether oxygens (including phenoxy) is 2. The number of nitrogens with zero attached hydrogens (tertiary/aromatic N) is 2. The first kappa shape index (κ1) is 20.5. The molecule has 2 aromatic carbocycles. The fourth-order valence-electron chi connectivity index (χ4n) is 4.13. The highest BCUT2D eigenvalue weighted by molar-refractivity contribution is 5.29. The number of β-amino-alcohol motifs (C(OH)–C–C–N with tert-alkyl or cyclic N) is 1. The molecule has 0 aromatic heterocycles. The second kappa shape index (κ2) is 10.3. The summed E-state index contributed by atoms with van der Waals surface area (Å²) in [5.74, 6) is 0. The van der Waals surface area contributed by atoms with Crippen molar-refractivity contribution in [2.75, 3.05) is 46.0 Å². The maximum absolute atomic E-state index is 10.4. The molecule has 156 valence electrons. The summed E-state index contributed by atoms with van der Waals surface area (Å²) in [7, 11) is 0. The van der Waals surface area contributed by atoms with Crippen molar-refractivity contribution in [2.24, 2.45) is 0 Å². The van der Waals surface area contributed by atoms with Crippen LogP contribution in [0.1, 0.15) is 22.3 Å². The standard InChI is InChI=1S/C24H32N2O3/c27-24(17-26-10-9-22-3-1-2-4-23(22)16-26)19-29-18-21-7-5-20(6-8-21)15-25-11-13-28-14-12-25/h1-8,24,27H,9-19H2. The van der Waals surface area contributed by atoms with E-state index >= 15 is 0 Å². The lowest BCUT2D eigenvalue weighted by molar-refractivity contribution is 0.00773. The Kier molecular flexibility index (Phi) is 7.30. The van der Waals surface area contributed by atoms with E-state index in [9.17, 15) is 5.11 Å². The van der Waals surface area contributed by atoms with Gasteiger partial charge in [-0.05, 0) is 28.7 Å². The first-order valence-electron chi connectivity index (χ1n) is 10.7. The monoisotopic (exact) mass is 396 g/mol. The molecule has 1 fully saturated rings. The quantitative estimate of drug-likeness (QED) is 0.743. The molecular formula is C24H32N2O3. The Morgan fingerprint density at radius 2 is 1.62 bits per heavy atom. The molecular weight excluding hydrogens is 364 g/mol. The van der Waals surface area contributed by atoms with E-state index in [1.54, 1.807) is 0 Å². The number of fused-ring (bicyclic) bond motifs is 1. The lowest BCUT2D eigenvalue weighted by Crippen LogP contribution is -2.38. The van der Waals surface area contributed by atoms with Gasteiger partial charge in [-0.15, -0.1) is 0 Å². The van der Waals surface area contributed by atoms with Gasteiger partial charge in [-0.1, -0.05) is 48.5 Å². The molecule has 2 aliphatic rings. The van der Waals surface area contributed by atoms with Crippen molar-refractivity contribution in [2.45, 2.75) is 32.2 Å². The molecule has 0 saturated carbocycles. The van der Waals surface area contributed by atoms with Gasteiger partial charge in [-0.25, -0.2) is 0 Å². The first-order valence-corrected chi connectivity index (χ1v) is 10.7. The van der Waals surface area contributed by atoms with E-state index in [1.807, 2.05) is 0 Å². The van der Waals surface area contributed by atoms with Crippen LogP contribution in [0.4, 0.5) is 0 Å². The third-order valence-electron chi connectivity index (χ3n) is 5.79. The molecule has 1 N–H and O–H groups in total. The van der Waals surface area contributed by atoms with E-state index in [1.165, 1.54) is 16.7 Å². The van der Waals surface area contributed by atoms with Gasteiger partial charge >= 0.3 is 0 Å². The topological polar surface area (TPSA) is 45.2 Å². The summed E-state index contributed by atoms with van der Waals surface area (Å²) in [6.45, 7) is 8.13. The predicted octanol–water partition coefficient (Wildman–Crippen LogP) is 2.45. The van der Waals surface area contributed by atoms with Gasteiger partial charge in [0.2, 0.25) is 0 Å². The van der Waals surface area contributed by atoms with E-state index in [2.05, 4.69) is 58.3 Å². The van der Waals surface area contributed by atoms with Crippen LogP contribution in [0.5, 0.6) is 0 Å². The number of hydrogen-bond donors (Lipinski definition) is 1. The van der Waals surface area contributed by atoms with Gasteiger partial charge in [0.05, 0.1) is 32.5 Å². The van der Waals surface area contributed by atoms with Crippen LogP contribution < -0.4 is 0 Å². The molecule has 0 amide bonds. The highest BCUT2D eigenvalue weighted by Crippen LogP contribution is 2.18. The molecule has 1 unspecified atom stereocenters. The maximum Gasteiger partial charge on any atom is 0.0900 e. The Morgan fingerprint density at radius 1 is 0.897 bits per heavy atom. The largest absolute Gasteiger partial charge is 0.389 e. The van der Waals surface area contributed by atoms with Gasteiger partial charge in [0.15, 0.2) is 0 Å². The summed E-state index contributed by atoms with van der Waals surface area (Å²) in [6.07, 6.45) is 0.599. The highest BCUT2D eigenvalue weighted by Gasteiger charge is 2.18. The number of aliphatic hydroxyl groups is 1. The molecule has 0 spiro atoms. The van der Waals surface area contributed by atoms with Crippen LogP contribution in [0.2, 0.25) is 0 Å². The van der Waals surface area contributed by atoms with Crippen molar-refractivity contribution < 1.29 is 14.6 Å². The Bertz CT molecular complexity index is 759. The van der Waals surface area contributed by atoms with Crippen LogP contribution in [0.25, 0.3) is 0 Å². The maximum atomic E-state index is 10.4. The van der Waals surface area contributed by atoms with Gasteiger partial charge in [-0.2, -0.15) is 0 Å². The molecule has 0 radical (unpaired) electrons. The van der Waals surface area contributed by atoms with Crippen LogP contribution in [0.3, 0.4) is 0 Å².